The topological polar surface area (TPSA) is 151 Å². The lowest BCUT2D eigenvalue weighted by Gasteiger charge is -2.25. The van der Waals surface area contributed by atoms with Crippen LogP contribution < -0.4 is 11.1 Å². The number of epoxide rings is 1. The number of ketones is 2. The predicted octanol–water partition coefficient (Wildman–Crippen LogP) is 1.70. The van der Waals surface area contributed by atoms with Crippen LogP contribution in [0.2, 0.25) is 0 Å². The number of dihydropyridines is 1. The molecule has 1 aliphatic carbocycles. The normalized spacial score (nSPS) is 25.1. The molecule has 0 aromatic heterocycles. The third-order valence-electron chi connectivity index (χ3n) is 7.09. The van der Waals surface area contributed by atoms with Crippen molar-refractivity contribution in [3.63, 3.8) is 0 Å². The summed E-state index contributed by atoms with van der Waals surface area (Å²) in [5.74, 6) is -1.40. The molecule has 0 spiro atoms. The molecule has 0 saturated carbocycles. The van der Waals surface area contributed by atoms with Crippen molar-refractivity contribution in [2.75, 3.05) is 26.4 Å². The van der Waals surface area contributed by atoms with Crippen LogP contribution in [0.1, 0.15) is 59.7 Å². The van der Waals surface area contributed by atoms with Gasteiger partial charge in [-0.25, -0.2) is 4.79 Å². The van der Waals surface area contributed by atoms with E-state index < -0.39 is 28.7 Å². The first-order chi connectivity index (χ1) is 17.3. The molecule has 9 heteroatoms. The zero-order valence-electron chi connectivity index (χ0n) is 20.3. The van der Waals surface area contributed by atoms with Crippen molar-refractivity contribution in [1.29, 1.82) is 0 Å². The second-order valence-corrected chi connectivity index (χ2v) is 9.36. The summed E-state index contributed by atoms with van der Waals surface area (Å²) >= 11 is 0. The zero-order valence-corrected chi connectivity index (χ0v) is 20.3. The molecule has 1 fully saturated rings. The molecular formula is C27H32N2O7. The van der Waals surface area contributed by atoms with E-state index in [4.69, 9.17) is 20.3 Å². The van der Waals surface area contributed by atoms with Gasteiger partial charge >= 0.3 is 5.97 Å². The molecule has 1 saturated heterocycles. The van der Waals surface area contributed by atoms with Gasteiger partial charge in [0.15, 0.2) is 11.4 Å². The van der Waals surface area contributed by atoms with Gasteiger partial charge in [0.2, 0.25) is 5.78 Å². The number of carbonyl (C=O) groups excluding carboxylic acids is 3. The summed E-state index contributed by atoms with van der Waals surface area (Å²) in [6.07, 6.45) is 5.91. The highest BCUT2D eigenvalue weighted by Gasteiger charge is 2.85. The minimum absolute atomic E-state index is 0.00789. The quantitative estimate of drug-likeness (QED) is 0.118. The average Bonchev–Trinajstić information content (AvgIpc) is 3.59. The van der Waals surface area contributed by atoms with Crippen molar-refractivity contribution in [3.05, 3.63) is 70.1 Å². The van der Waals surface area contributed by atoms with Crippen molar-refractivity contribution in [1.82, 2.24) is 5.32 Å². The van der Waals surface area contributed by atoms with Gasteiger partial charge in [0.1, 0.15) is 0 Å². The van der Waals surface area contributed by atoms with Gasteiger partial charge in [-0.2, -0.15) is 0 Å². The van der Waals surface area contributed by atoms with E-state index in [9.17, 15) is 19.5 Å². The van der Waals surface area contributed by atoms with Gasteiger partial charge in [-0.05, 0) is 49.8 Å². The fraction of sp³-hybridized carbons (Fsp3) is 0.444. The van der Waals surface area contributed by atoms with E-state index in [0.717, 1.165) is 11.1 Å². The maximum absolute atomic E-state index is 13.7. The minimum Gasteiger partial charge on any atom is -0.463 e. The number of fused-ring (bicyclic) bond motifs is 2. The first-order valence-electron chi connectivity index (χ1n) is 12.2. The summed E-state index contributed by atoms with van der Waals surface area (Å²) in [7, 11) is 0. The molecule has 0 unspecified atom stereocenters. The number of nitrogens with one attached hydrogen (secondary N) is 1. The van der Waals surface area contributed by atoms with E-state index in [-0.39, 0.29) is 37.4 Å². The van der Waals surface area contributed by atoms with Crippen LogP contribution in [0.25, 0.3) is 0 Å². The Labute approximate surface area is 209 Å². The van der Waals surface area contributed by atoms with E-state index in [2.05, 4.69) is 5.32 Å². The van der Waals surface area contributed by atoms with Gasteiger partial charge in [0, 0.05) is 30.7 Å². The molecule has 2 heterocycles. The van der Waals surface area contributed by atoms with E-state index in [0.29, 0.717) is 43.6 Å². The molecule has 4 rings (SSSR count). The summed E-state index contributed by atoms with van der Waals surface area (Å²) in [5.41, 5.74) is 4.76. The summed E-state index contributed by atoms with van der Waals surface area (Å²) in [6.45, 7) is 2.10. The number of ether oxygens (including phenoxy) is 2. The highest BCUT2D eigenvalue weighted by molar-refractivity contribution is 6.32. The lowest BCUT2D eigenvalue weighted by atomic mass is 9.71. The van der Waals surface area contributed by atoms with Crippen LogP contribution >= 0.6 is 0 Å². The number of hydrogen-bond donors (Lipinski definition) is 4. The number of carbonyl (C=O) groups is 3. The molecule has 1 aromatic carbocycles. The Morgan fingerprint density at radius 1 is 1.17 bits per heavy atom. The number of Topliss-reactive ketones (excluding diaryl/α,β-unsaturated/α-hetero) is 2. The molecule has 1 aromatic rings. The van der Waals surface area contributed by atoms with Gasteiger partial charge in [-0.3, -0.25) is 9.59 Å². The summed E-state index contributed by atoms with van der Waals surface area (Å²) in [6, 6.07) is 6.33. The third kappa shape index (κ3) is 4.38. The van der Waals surface area contributed by atoms with E-state index in [1.54, 1.807) is 18.2 Å². The Morgan fingerprint density at radius 3 is 2.56 bits per heavy atom. The third-order valence-corrected chi connectivity index (χ3v) is 7.09. The Balaban J connectivity index is 1.62. The number of benzene rings is 1. The number of allylic oxidation sites excluding steroid dienone is 3. The van der Waals surface area contributed by atoms with E-state index >= 15 is 0 Å². The molecule has 2 aliphatic heterocycles. The molecule has 3 aliphatic rings. The number of esters is 1. The molecule has 5 N–H and O–H groups in total. The van der Waals surface area contributed by atoms with Crippen molar-refractivity contribution < 1.29 is 34.1 Å². The van der Waals surface area contributed by atoms with Gasteiger partial charge < -0.3 is 30.7 Å². The lowest BCUT2D eigenvalue weighted by molar-refractivity contribution is -0.148. The SMILES string of the molecule is C/C(CCC1=CCNC(N)=C1)=C(/CO)C[C@@]12O[C@]1(C(=O)OCCCCO)C(=O)c1ccccc1C2=O. The minimum atomic E-state index is -2.08. The van der Waals surface area contributed by atoms with Gasteiger partial charge in [-0.15, -0.1) is 0 Å². The largest absolute Gasteiger partial charge is 0.463 e. The number of nitrogens with two attached hydrogens (primary N) is 1. The highest BCUT2D eigenvalue weighted by Crippen LogP contribution is 2.59. The van der Waals surface area contributed by atoms with Crippen LogP contribution in [0.3, 0.4) is 0 Å². The average molecular weight is 497 g/mol. The fourth-order valence-electron chi connectivity index (χ4n) is 4.91. The monoisotopic (exact) mass is 496 g/mol. The fourth-order valence-corrected chi connectivity index (χ4v) is 4.91. The molecule has 0 bridgehead atoms. The molecule has 36 heavy (non-hydrogen) atoms. The van der Waals surface area contributed by atoms with Gasteiger partial charge in [-0.1, -0.05) is 35.9 Å². The van der Waals surface area contributed by atoms with Crippen molar-refractivity contribution in [2.24, 2.45) is 5.73 Å². The second-order valence-electron chi connectivity index (χ2n) is 9.36. The lowest BCUT2D eigenvalue weighted by Crippen LogP contribution is -2.51. The number of unbranched alkanes of at least 4 members (excludes halogenated alkanes) is 1. The van der Waals surface area contributed by atoms with Crippen LogP contribution in [0.15, 0.2) is 59.0 Å². The Bertz CT molecular complexity index is 1170. The Morgan fingerprint density at radius 2 is 1.89 bits per heavy atom. The first-order valence-corrected chi connectivity index (χ1v) is 12.2. The molecule has 2 atom stereocenters. The predicted molar refractivity (Wildman–Crippen MR) is 131 cm³/mol. The number of aliphatic hydroxyl groups excluding tert-OH is 2. The Kier molecular flexibility index (Phi) is 7.44. The van der Waals surface area contributed by atoms with Crippen LogP contribution in [-0.4, -0.2) is 65.3 Å². The van der Waals surface area contributed by atoms with E-state index in [1.807, 2.05) is 19.1 Å². The molecular weight excluding hydrogens is 464 g/mol. The summed E-state index contributed by atoms with van der Waals surface area (Å²) in [4.78, 5) is 40.4. The van der Waals surface area contributed by atoms with Crippen LogP contribution in [0.5, 0.6) is 0 Å². The van der Waals surface area contributed by atoms with Crippen molar-refractivity contribution in [3.8, 4) is 0 Å². The van der Waals surface area contributed by atoms with Crippen molar-refractivity contribution >= 4 is 17.5 Å². The van der Waals surface area contributed by atoms with Crippen LogP contribution in [-0.2, 0) is 14.3 Å². The van der Waals surface area contributed by atoms with Gasteiger partial charge in [0.05, 0.1) is 19.0 Å². The highest BCUT2D eigenvalue weighted by atomic mass is 16.7. The first kappa shape index (κ1) is 25.8. The van der Waals surface area contributed by atoms with Crippen molar-refractivity contribution in [2.45, 2.75) is 50.2 Å². The Hall–Kier alpha value is -3.27. The second kappa shape index (κ2) is 10.4. The summed E-state index contributed by atoms with van der Waals surface area (Å²) in [5, 5.41) is 22.2. The molecule has 192 valence electrons. The standard InChI is InChI=1S/C27H32N2O7/c1-17(8-9-18-10-11-29-22(28)14-18)19(16-31)15-26-23(32)20-6-2-3-7-21(20)24(33)27(26,36-26)25(34)35-13-5-4-12-30/h2-3,6-7,10,14,29-31H,4-5,8-9,11-13,15-16,28H2,1H3/b19-17-/t26-,27-/m0/s1. The maximum atomic E-state index is 13.7. The maximum Gasteiger partial charge on any atom is 0.350 e. The van der Waals surface area contributed by atoms with E-state index in [1.165, 1.54) is 6.07 Å². The smallest absolute Gasteiger partial charge is 0.350 e. The zero-order chi connectivity index (χ0) is 25.9. The molecule has 9 nitrogen and oxygen atoms in total. The molecule has 0 radical (unpaired) electrons. The number of rotatable bonds is 11. The molecule has 0 amide bonds. The van der Waals surface area contributed by atoms with Crippen LogP contribution in [0, 0.1) is 0 Å². The van der Waals surface area contributed by atoms with Crippen LogP contribution in [0.4, 0.5) is 0 Å². The number of hydrogen-bond acceptors (Lipinski definition) is 9. The number of aliphatic hydroxyl groups is 2. The van der Waals surface area contributed by atoms with Gasteiger partial charge in [0.25, 0.3) is 5.60 Å². The summed E-state index contributed by atoms with van der Waals surface area (Å²) < 4.78 is 11.2.